The minimum atomic E-state index is -0.671. The Bertz CT molecular complexity index is 461. The molecule has 1 aromatic heterocycles. The molecule has 0 atom stereocenters. The third-order valence-electron chi connectivity index (χ3n) is 2.18. The lowest BCUT2D eigenvalue weighted by atomic mass is 10.3. The molecule has 0 bridgehead atoms. The van der Waals surface area contributed by atoms with Gasteiger partial charge in [0.05, 0.1) is 24.4 Å². The number of anilines is 1. The maximum Gasteiger partial charge on any atom is 0.421 e. The van der Waals surface area contributed by atoms with Gasteiger partial charge in [-0.05, 0) is 19.1 Å². The number of ether oxygens (including phenoxy) is 1. The van der Waals surface area contributed by atoms with Gasteiger partial charge in [0.15, 0.2) is 0 Å². The van der Waals surface area contributed by atoms with Crippen LogP contribution >= 0.6 is 11.6 Å². The molecule has 5 nitrogen and oxygen atoms in total. The molecule has 0 aliphatic carbocycles. The summed E-state index contributed by atoms with van der Waals surface area (Å²) < 4.78 is 4.79. The van der Waals surface area contributed by atoms with Crippen molar-refractivity contribution in [3.8, 4) is 0 Å². The molecule has 1 aliphatic rings. The molecule has 16 heavy (non-hydrogen) atoms. The highest BCUT2D eigenvalue weighted by Crippen LogP contribution is 2.29. The number of hydrogen-bond donors (Lipinski definition) is 0. The molecule has 0 aromatic carbocycles. The second-order valence-corrected chi connectivity index (χ2v) is 3.59. The van der Waals surface area contributed by atoms with Crippen molar-refractivity contribution in [3.63, 3.8) is 0 Å². The van der Waals surface area contributed by atoms with E-state index in [0.717, 1.165) is 4.90 Å². The lowest BCUT2D eigenvalue weighted by molar-refractivity contribution is -0.117. The predicted molar refractivity (Wildman–Crippen MR) is 57.5 cm³/mol. The lowest BCUT2D eigenvalue weighted by Gasteiger charge is -2.13. The van der Waals surface area contributed by atoms with Crippen molar-refractivity contribution in [1.82, 2.24) is 4.98 Å². The van der Waals surface area contributed by atoms with Crippen molar-refractivity contribution in [3.05, 3.63) is 23.0 Å². The van der Waals surface area contributed by atoms with Crippen LogP contribution in [0.2, 0.25) is 5.15 Å². The number of amides is 2. The molecule has 0 N–H and O–H groups in total. The Morgan fingerprint density at radius 1 is 1.62 bits per heavy atom. The highest BCUT2D eigenvalue weighted by molar-refractivity contribution is 6.29. The van der Waals surface area contributed by atoms with E-state index in [2.05, 4.69) is 4.98 Å². The topological polar surface area (TPSA) is 59.5 Å². The first-order valence-corrected chi connectivity index (χ1v) is 5.16. The van der Waals surface area contributed by atoms with Gasteiger partial charge in [-0.25, -0.2) is 14.7 Å². The van der Waals surface area contributed by atoms with Crippen molar-refractivity contribution >= 4 is 29.3 Å². The lowest BCUT2D eigenvalue weighted by Crippen LogP contribution is -2.34. The quantitative estimate of drug-likeness (QED) is 0.702. The van der Waals surface area contributed by atoms with Crippen LogP contribution in [0.15, 0.2) is 12.1 Å². The summed E-state index contributed by atoms with van der Waals surface area (Å²) in [4.78, 5) is 28.1. The molecule has 2 heterocycles. The van der Waals surface area contributed by atoms with E-state index in [9.17, 15) is 9.59 Å². The maximum absolute atomic E-state index is 11.6. The molecule has 1 aliphatic heterocycles. The van der Waals surface area contributed by atoms with E-state index in [4.69, 9.17) is 16.3 Å². The summed E-state index contributed by atoms with van der Waals surface area (Å²) in [7, 11) is 0. The normalized spacial score (nSPS) is 13.9. The Morgan fingerprint density at radius 3 is 3.06 bits per heavy atom. The molecule has 0 unspecified atom stereocenters. The van der Waals surface area contributed by atoms with E-state index in [1.807, 2.05) is 0 Å². The van der Waals surface area contributed by atoms with Crippen molar-refractivity contribution in [2.45, 2.75) is 13.3 Å². The Labute approximate surface area is 97.0 Å². The largest absolute Gasteiger partial charge is 0.449 e. The molecule has 0 saturated carbocycles. The van der Waals surface area contributed by atoms with Gasteiger partial charge in [-0.15, -0.1) is 0 Å². The van der Waals surface area contributed by atoms with Gasteiger partial charge in [0.1, 0.15) is 5.15 Å². The molecule has 6 heteroatoms. The Kier molecular flexibility index (Phi) is 2.78. The fraction of sp³-hybridized carbons (Fsp3) is 0.300. The minimum absolute atomic E-state index is 0.0781. The Morgan fingerprint density at radius 2 is 2.38 bits per heavy atom. The Hall–Kier alpha value is -1.62. The molecule has 1 aromatic rings. The zero-order valence-corrected chi connectivity index (χ0v) is 9.32. The van der Waals surface area contributed by atoms with Crippen molar-refractivity contribution < 1.29 is 14.3 Å². The van der Waals surface area contributed by atoms with Crippen LogP contribution in [0.4, 0.5) is 10.5 Å². The van der Waals surface area contributed by atoms with Crippen molar-refractivity contribution in [2.75, 3.05) is 11.5 Å². The van der Waals surface area contributed by atoms with Crippen LogP contribution in [0.5, 0.6) is 0 Å². The summed E-state index contributed by atoms with van der Waals surface area (Å²) in [6, 6.07) is 3.12. The number of fused-ring (bicyclic) bond motifs is 1. The van der Waals surface area contributed by atoms with Gasteiger partial charge in [0.25, 0.3) is 0 Å². The highest BCUT2D eigenvalue weighted by Gasteiger charge is 2.34. The molecular weight excluding hydrogens is 232 g/mol. The molecule has 0 spiro atoms. The summed E-state index contributed by atoms with van der Waals surface area (Å²) >= 11 is 5.70. The van der Waals surface area contributed by atoms with Gasteiger partial charge in [-0.3, -0.25) is 4.79 Å². The first kappa shape index (κ1) is 10.9. The number of pyridine rings is 1. The number of nitrogens with zero attached hydrogens (tertiary/aromatic N) is 2. The van der Waals surface area contributed by atoms with Gasteiger partial charge in [0.2, 0.25) is 5.91 Å². The minimum Gasteiger partial charge on any atom is -0.449 e. The molecule has 2 amide bonds. The first-order chi connectivity index (χ1) is 7.63. The van der Waals surface area contributed by atoms with Crippen LogP contribution in [0.1, 0.15) is 12.6 Å². The number of imide groups is 1. The second-order valence-electron chi connectivity index (χ2n) is 3.20. The average Bonchev–Trinajstić information content (AvgIpc) is 2.53. The van der Waals surface area contributed by atoms with E-state index in [-0.39, 0.29) is 18.9 Å². The van der Waals surface area contributed by atoms with Crippen LogP contribution in [-0.2, 0) is 16.0 Å². The summed E-state index contributed by atoms with van der Waals surface area (Å²) in [5, 5.41) is 0.303. The van der Waals surface area contributed by atoms with Crippen LogP contribution in [0, 0.1) is 0 Å². The standard InChI is InChI=1S/C10H9ClN2O3/c1-2-16-10(15)13-7-3-4-8(11)12-6(7)5-9(13)14/h3-4H,2,5H2,1H3. The molecular formula is C10H9ClN2O3. The number of carbonyl (C=O) groups excluding carboxylic acids is 2. The number of carbonyl (C=O) groups is 2. The molecule has 2 rings (SSSR count). The third kappa shape index (κ3) is 1.74. The highest BCUT2D eigenvalue weighted by atomic mass is 35.5. The smallest absolute Gasteiger partial charge is 0.421 e. The summed E-state index contributed by atoms with van der Waals surface area (Å²) in [6.45, 7) is 1.90. The summed E-state index contributed by atoms with van der Waals surface area (Å²) in [5.41, 5.74) is 0.957. The van der Waals surface area contributed by atoms with Gasteiger partial charge in [-0.2, -0.15) is 0 Å². The average molecular weight is 241 g/mol. The van der Waals surface area contributed by atoms with Crippen LogP contribution in [0.25, 0.3) is 0 Å². The number of rotatable bonds is 1. The third-order valence-corrected chi connectivity index (χ3v) is 2.39. The molecule has 0 radical (unpaired) electrons. The van der Waals surface area contributed by atoms with Crippen LogP contribution in [0.3, 0.4) is 0 Å². The first-order valence-electron chi connectivity index (χ1n) is 4.78. The number of aromatic nitrogens is 1. The molecule has 0 fully saturated rings. The van der Waals surface area contributed by atoms with Gasteiger partial charge < -0.3 is 4.74 Å². The second kappa shape index (κ2) is 4.09. The van der Waals surface area contributed by atoms with Gasteiger partial charge >= 0.3 is 6.09 Å². The Balaban J connectivity index is 2.36. The maximum atomic E-state index is 11.6. The SMILES string of the molecule is CCOC(=O)N1C(=O)Cc2nc(Cl)ccc21. The van der Waals surface area contributed by atoms with Crippen molar-refractivity contribution in [2.24, 2.45) is 0 Å². The van der Waals surface area contributed by atoms with E-state index in [1.54, 1.807) is 13.0 Å². The van der Waals surface area contributed by atoms with E-state index in [0.29, 0.717) is 16.5 Å². The zero-order chi connectivity index (χ0) is 11.7. The van der Waals surface area contributed by atoms with E-state index in [1.165, 1.54) is 6.07 Å². The van der Waals surface area contributed by atoms with Crippen LogP contribution in [-0.4, -0.2) is 23.6 Å². The monoisotopic (exact) mass is 240 g/mol. The van der Waals surface area contributed by atoms with E-state index < -0.39 is 6.09 Å². The van der Waals surface area contributed by atoms with Crippen molar-refractivity contribution in [1.29, 1.82) is 0 Å². The molecule has 0 saturated heterocycles. The number of hydrogen-bond acceptors (Lipinski definition) is 4. The van der Waals surface area contributed by atoms with Gasteiger partial charge in [0, 0.05) is 0 Å². The fourth-order valence-electron chi connectivity index (χ4n) is 1.55. The van der Waals surface area contributed by atoms with Crippen LogP contribution < -0.4 is 4.90 Å². The predicted octanol–water partition coefficient (Wildman–Crippen LogP) is 1.78. The summed E-state index contributed by atoms with van der Waals surface area (Å²) in [5.74, 6) is -0.344. The fourth-order valence-corrected chi connectivity index (χ4v) is 1.71. The number of halogens is 1. The zero-order valence-electron chi connectivity index (χ0n) is 8.57. The molecule has 84 valence electrons. The van der Waals surface area contributed by atoms with E-state index >= 15 is 0 Å². The van der Waals surface area contributed by atoms with Gasteiger partial charge in [-0.1, -0.05) is 11.6 Å². The summed E-state index contributed by atoms with van der Waals surface area (Å²) in [6.07, 6.45) is -0.593.